The van der Waals surface area contributed by atoms with Gasteiger partial charge in [-0.2, -0.15) is 0 Å². The number of rotatable bonds is 6. The fraction of sp³-hybridized carbons (Fsp3) is 0.636. The molecule has 162 valence electrons. The zero-order chi connectivity index (χ0) is 21.1. The van der Waals surface area contributed by atoms with Crippen LogP contribution in [-0.2, 0) is 33.6 Å². The molecule has 7 nitrogen and oxygen atoms in total. The third-order valence-electron chi connectivity index (χ3n) is 5.94. The minimum atomic E-state index is -0.304. The number of anilines is 1. The topological polar surface area (TPSA) is 75.6 Å². The maximum atomic E-state index is 12.5. The number of piperazine rings is 1. The summed E-state index contributed by atoms with van der Waals surface area (Å²) in [5, 5.41) is 1.24. The molecule has 1 aliphatic carbocycles. The van der Waals surface area contributed by atoms with Crippen LogP contribution in [0.25, 0.3) is 10.2 Å². The lowest BCUT2D eigenvalue weighted by atomic mass is 9.97. The molecule has 0 atom stereocenters. The first-order valence-corrected chi connectivity index (χ1v) is 11.9. The Balaban J connectivity index is 1.48. The number of ether oxygens (including phenoxy) is 1. The van der Waals surface area contributed by atoms with Crippen LogP contribution in [0.4, 0.5) is 5.82 Å². The van der Waals surface area contributed by atoms with E-state index in [1.807, 2.05) is 16.2 Å². The molecule has 3 heterocycles. The summed E-state index contributed by atoms with van der Waals surface area (Å²) in [6.07, 6.45) is 5.95. The Bertz CT molecular complexity index is 934. The Morgan fingerprint density at radius 3 is 2.53 bits per heavy atom. The molecule has 30 heavy (non-hydrogen) atoms. The number of carbonyl (C=O) groups is 2. The van der Waals surface area contributed by atoms with Gasteiger partial charge in [-0.25, -0.2) is 9.97 Å². The summed E-state index contributed by atoms with van der Waals surface area (Å²) in [4.78, 5) is 40.6. The first-order chi connectivity index (χ1) is 14.6. The molecule has 0 spiro atoms. The molecule has 1 amide bonds. The summed E-state index contributed by atoms with van der Waals surface area (Å²) < 4.78 is 4.92. The summed E-state index contributed by atoms with van der Waals surface area (Å²) in [5.74, 6) is 1.67. The number of hydrogen-bond donors (Lipinski definition) is 0. The van der Waals surface area contributed by atoms with Crippen molar-refractivity contribution in [2.75, 3.05) is 37.7 Å². The third kappa shape index (κ3) is 4.29. The molecule has 0 bridgehead atoms. The highest BCUT2D eigenvalue weighted by molar-refractivity contribution is 7.19. The molecule has 0 radical (unpaired) electrons. The van der Waals surface area contributed by atoms with Gasteiger partial charge in [-0.05, 0) is 38.2 Å². The molecule has 1 fully saturated rings. The van der Waals surface area contributed by atoms with Crippen molar-refractivity contribution in [3.63, 3.8) is 0 Å². The van der Waals surface area contributed by atoms with E-state index in [9.17, 15) is 9.59 Å². The fourth-order valence-electron chi connectivity index (χ4n) is 4.34. The molecule has 0 N–H and O–H groups in total. The van der Waals surface area contributed by atoms with Gasteiger partial charge in [0.05, 0.1) is 18.4 Å². The number of aromatic nitrogens is 2. The summed E-state index contributed by atoms with van der Waals surface area (Å²) in [6.45, 7) is 7.04. The lowest BCUT2D eigenvalue weighted by Gasteiger charge is -2.36. The van der Waals surface area contributed by atoms with Crippen molar-refractivity contribution in [1.29, 1.82) is 0 Å². The Morgan fingerprint density at radius 1 is 1.03 bits per heavy atom. The van der Waals surface area contributed by atoms with Crippen LogP contribution < -0.4 is 4.90 Å². The maximum absolute atomic E-state index is 12.5. The van der Waals surface area contributed by atoms with E-state index in [1.165, 1.54) is 28.7 Å². The van der Waals surface area contributed by atoms with E-state index in [1.54, 1.807) is 6.92 Å². The maximum Gasteiger partial charge on any atom is 0.306 e. The van der Waals surface area contributed by atoms with Crippen molar-refractivity contribution in [3.05, 3.63) is 16.3 Å². The molecule has 0 aromatic carbocycles. The van der Waals surface area contributed by atoms with Crippen LogP contribution in [0, 0.1) is 0 Å². The molecule has 2 aromatic rings. The van der Waals surface area contributed by atoms with Gasteiger partial charge in [0.2, 0.25) is 5.91 Å². The van der Waals surface area contributed by atoms with Gasteiger partial charge < -0.3 is 14.5 Å². The number of aryl methyl sites for hydroxylation is 3. The van der Waals surface area contributed by atoms with Crippen LogP contribution >= 0.6 is 11.3 Å². The second-order valence-corrected chi connectivity index (χ2v) is 8.96. The summed E-state index contributed by atoms with van der Waals surface area (Å²) >= 11 is 1.84. The largest absolute Gasteiger partial charge is 0.466 e. The number of fused-ring (bicyclic) bond motifs is 3. The summed E-state index contributed by atoms with van der Waals surface area (Å²) in [7, 11) is 0. The SMILES string of the molecule is CCOC(=O)CCC(=O)N1CCN(c2nc(CC)nc3sc4c(c23)CCCC4)CC1. The molecule has 2 aromatic heterocycles. The van der Waals surface area contributed by atoms with Crippen molar-refractivity contribution < 1.29 is 14.3 Å². The van der Waals surface area contributed by atoms with Crippen LogP contribution in [0.5, 0.6) is 0 Å². The summed E-state index contributed by atoms with van der Waals surface area (Å²) in [5.41, 5.74) is 1.45. The van der Waals surface area contributed by atoms with Crippen LogP contribution in [0.15, 0.2) is 0 Å². The van der Waals surface area contributed by atoms with E-state index in [4.69, 9.17) is 14.7 Å². The Labute approximate surface area is 181 Å². The van der Waals surface area contributed by atoms with Crippen molar-refractivity contribution in [2.24, 2.45) is 0 Å². The number of amides is 1. The van der Waals surface area contributed by atoms with Crippen LogP contribution in [0.1, 0.15) is 55.8 Å². The van der Waals surface area contributed by atoms with Gasteiger partial charge in [0.25, 0.3) is 0 Å². The quantitative estimate of drug-likeness (QED) is 0.656. The predicted octanol–water partition coefficient (Wildman–Crippen LogP) is 3.12. The molecular weight excluding hydrogens is 400 g/mol. The second-order valence-electron chi connectivity index (χ2n) is 7.88. The fourth-order valence-corrected chi connectivity index (χ4v) is 5.61. The average molecular weight is 431 g/mol. The van der Waals surface area contributed by atoms with Crippen molar-refractivity contribution in [2.45, 2.75) is 58.8 Å². The lowest BCUT2D eigenvalue weighted by molar-refractivity contribution is -0.145. The van der Waals surface area contributed by atoms with Gasteiger partial charge in [0.15, 0.2) is 0 Å². The van der Waals surface area contributed by atoms with Crippen molar-refractivity contribution in [3.8, 4) is 0 Å². The third-order valence-corrected chi connectivity index (χ3v) is 7.12. The van der Waals surface area contributed by atoms with Crippen molar-refractivity contribution in [1.82, 2.24) is 14.9 Å². The Hall–Kier alpha value is -2.22. The van der Waals surface area contributed by atoms with Gasteiger partial charge in [-0.15, -0.1) is 11.3 Å². The Morgan fingerprint density at radius 2 is 1.80 bits per heavy atom. The molecule has 0 saturated carbocycles. The van der Waals surface area contributed by atoms with E-state index < -0.39 is 0 Å². The first kappa shape index (κ1) is 21.0. The highest BCUT2D eigenvalue weighted by Gasteiger charge is 2.27. The molecule has 8 heteroatoms. The van der Waals surface area contributed by atoms with Crippen LogP contribution in [0.3, 0.4) is 0 Å². The number of nitrogens with zero attached hydrogens (tertiary/aromatic N) is 4. The van der Waals surface area contributed by atoms with Gasteiger partial charge in [0.1, 0.15) is 16.5 Å². The first-order valence-electron chi connectivity index (χ1n) is 11.1. The van der Waals surface area contributed by atoms with Crippen LogP contribution in [-0.4, -0.2) is 59.5 Å². The zero-order valence-electron chi connectivity index (χ0n) is 17.9. The zero-order valence-corrected chi connectivity index (χ0v) is 18.7. The number of hydrogen-bond acceptors (Lipinski definition) is 7. The van der Waals surface area contributed by atoms with Gasteiger partial charge in [-0.3, -0.25) is 9.59 Å². The molecule has 2 aliphatic rings. The van der Waals surface area contributed by atoms with E-state index in [2.05, 4.69) is 11.8 Å². The van der Waals surface area contributed by atoms with Crippen LogP contribution in [0.2, 0.25) is 0 Å². The van der Waals surface area contributed by atoms with Gasteiger partial charge in [0, 0.05) is 43.9 Å². The second kappa shape index (κ2) is 9.29. The standard InChI is InChI=1S/C22H30N4O3S/c1-3-17-23-21(20-15-7-5-6-8-16(15)30-22(20)24-17)26-13-11-25(12-14-26)18(27)9-10-19(28)29-4-2/h3-14H2,1-2H3. The van der Waals surface area contributed by atoms with E-state index >= 15 is 0 Å². The van der Waals surface area contributed by atoms with Crippen molar-refractivity contribution >= 4 is 39.2 Å². The highest BCUT2D eigenvalue weighted by atomic mass is 32.1. The lowest BCUT2D eigenvalue weighted by Crippen LogP contribution is -2.49. The van der Waals surface area contributed by atoms with E-state index in [-0.39, 0.29) is 24.7 Å². The van der Waals surface area contributed by atoms with Gasteiger partial charge in [-0.1, -0.05) is 6.92 Å². The highest BCUT2D eigenvalue weighted by Crippen LogP contribution is 2.40. The number of esters is 1. The normalized spacial score (nSPS) is 16.6. The van der Waals surface area contributed by atoms with E-state index in [0.29, 0.717) is 19.7 Å². The molecule has 4 rings (SSSR count). The van der Waals surface area contributed by atoms with Gasteiger partial charge >= 0.3 is 5.97 Å². The van der Waals surface area contributed by atoms with E-state index in [0.717, 1.165) is 48.8 Å². The molecule has 1 saturated heterocycles. The molecule has 1 aliphatic heterocycles. The smallest absolute Gasteiger partial charge is 0.306 e. The Kier molecular flexibility index (Phi) is 6.51. The molecule has 0 unspecified atom stereocenters. The monoisotopic (exact) mass is 430 g/mol. The average Bonchev–Trinajstić information content (AvgIpc) is 3.15. The predicted molar refractivity (Wildman–Crippen MR) is 118 cm³/mol. The minimum Gasteiger partial charge on any atom is -0.466 e. The minimum absolute atomic E-state index is 0.0256. The molecular formula is C22H30N4O3S. The summed E-state index contributed by atoms with van der Waals surface area (Å²) in [6, 6.07) is 0. The number of carbonyl (C=O) groups excluding carboxylic acids is 2. The number of thiophene rings is 1.